The van der Waals surface area contributed by atoms with Crippen LogP contribution in [0.5, 0.6) is 11.5 Å². The Hall–Kier alpha value is -1.23. The van der Waals surface area contributed by atoms with Crippen LogP contribution >= 0.6 is 27.5 Å². The van der Waals surface area contributed by atoms with Crippen molar-refractivity contribution in [1.82, 2.24) is 5.32 Å². The molecular weight excluding hydrogens is 390 g/mol. The second-order valence-corrected chi connectivity index (χ2v) is 6.71. The third-order valence-electron chi connectivity index (χ3n) is 3.44. The van der Waals surface area contributed by atoms with Crippen LogP contribution in [-0.2, 0) is 13.2 Å². The van der Waals surface area contributed by atoms with Crippen LogP contribution in [-0.4, -0.2) is 13.2 Å². The molecule has 2 aromatic rings. The summed E-state index contributed by atoms with van der Waals surface area (Å²) >= 11 is 9.65. The van der Waals surface area contributed by atoms with Crippen LogP contribution in [0.3, 0.4) is 0 Å². The van der Waals surface area contributed by atoms with Gasteiger partial charge in [0.25, 0.3) is 0 Å². The van der Waals surface area contributed by atoms with Crippen molar-refractivity contribution < 1.29 is 9.47 Å². The summed E-state index contributed by atoms with van der Waals surface area (Å²) in [6.45, 7) is 6.95. The van der Waals surface area contributed by atoms with Gasteiger partial charge in [-0.2, -0.15) is 0 Å². The molecule has 3 nitrogen and oxygen atoms in total. The third kappa shape index (κ3) is 5.69. The molecule has 2 aromatic carbocycles. The van der Waals surface area contributed by atoms with Gasteiger partial charge in [0.1, 0.15) is 6.61 Å². The van der Waals surface area contributed by atoms with E-state index in [-0.39, 0.29) is 0 Å². The van der Waals surface area contributed by atoms with E-state index < -0.39 is 0 Å². The molecule has 0 aliphatic carbocycles. The number of hydrogen-bond acceptors (Lipinski definition) is 3. The quantitative estimate of drug-likeness (QED) is 0.545. The normalized spacial score (nSPS) is 10.7. The lowest BCUT2D eigenvalue weighted by Gasteiger charge is -2.15. The van der Waals surface area contributed by atoms with Crippen molar-refractivity contribution in [3.8, 4) is 11.5 Å². The molecule has 0 saturated heterocycles. The topological polar surface area (TPSA) is 30.5 Å². The Bertz CT molecular complexity index is 664. The van der Waals surface area contributed by atoms with Gasteiger partial charge >= 0.3 is 0 Å². The molecule has 24 heavy (non-hydrogen) atoms. The van der Waals surface area contributed by atoms with E-state index in [1.165, 1.54) is 0 Å². The summed E-state index contributed by atoms with van der Waals surface area (Å²) in [5, 5.41) is 4.11. The maximum Gasteiger partial charge on any atom is 0.162 e. The molecule has 0 heterocycles. The van der Waals surface area contributed by atoms with Gasteiger partial charge in [0.15, 0.2) is 11.5 Å². The Morgan fingerprint density at radius 3 is 2.58 bits per heavy atom. The van der Waals surface area contributed by atoms with Gasteiger partial charge in [-0.15, -0.1) is 0 Å². The van der Waals surface area contributed by atoms with Crippen LogP contribution in [0, 0.1) is 0 Å². The van der Waals surface area contributed by atoms with Gasteiger partial charge in [0.2, 0.25) is 0 Å². The lowest BCUT2D eigenvalue weighted by Crippen LogP contribution is -2.14. The molecule has 5 heteroatoms. The first kappa shape index (κ1) is 19.1. The molecule has 0 aliphatic heterocycles. The number of benzene rings is 2. The zero-order valence-corrected chi connectivity index (χ0v) is 16.4. The van der Waals surface area contributed by atoms with Crippen molar-refractivity contribution in [3.63, 3.8) is 0 Å². The van der Waals surface area contributed by atoms with Gasteiger partial charge in [0, 0.05) is 16.0 Å². The number of hydrogen-bond donors (Lipinski definition) is 1. The Morgan fingerprint density at radius 1 is 1.08 bits per heavy atom. The molecule has 0 atom stereocenters. The summed E-state index contributed by atoms with van der Waals surface area (Å²) in [6.07, 6.45) is 1.11. The van der Waals surface area contributed by atoms with E-state index in [1.807, 2.05) is 43.3 Å². The zero-order chi connectivity index (χ0) is 17.4. The largest absolute Gasteiger partial charge is 0.490 e. The highest BCUT2D eigenvalue weighted by Gasteiger charge is 2.11. The highest BCUT2D eigenvalue weighted by molar-refractivity contribution is 9.10. The first-order valence-electron chi connectivity index (χ1n) is 8.17. The van der Waals surface area contributed by atoms with Crippen molar-refractivity contribution in [2.45, 2.75) is 33.4 Å². The summed E-state index contributed by atoms with van der Waals surface area (Å²) in [7, 11) is 0. The minimum absolute atomic E-state index is 0.445. The summed E-state index contributed by atoms with van der Waals surface area (Å²) < 4.78 is 12.7. The summed E-state index contributed by atoms with van der Waals surface area (Å²) in [5.74, 6) is 1.49. The molecule has 0 amide bonds. The van der Waals surface area contributed by atoms with Gasteiger partial charge in [-0.3, -0.25) is 0 Å². The second kappa shape index (κ2) is 9.92. The molecule has 0 spiro atoms. The van der Waals surface area contributed by atoms with Crippen LogP contribution < -0.4 is 14.8 Å². The zero-order valence-electron chi connectivity index (χ0n) is 14.1. The van der Waals surface area contributed by atoms with Crippen molar-refractivity contribution in [2.75, 3.05) is 13.2 Å². The van der Waals surface area contributed by atoms with Gasteiger partial charge in [-0.05, 0) is 55.3 Å². The molecule has 1 N–H and O–H groups in total. The fourth-order valence-corrected chi connectivity index (χ4v) is 2.96. The molecule has 0 bridgehead atoms. The molecule has 0 aromatic heterocycles. The molecule has 0 fully saturated rings. The van der Waals surface area contributed by atoms with Crippen molar-refractivity contribution in [1.29, 1.82) is 0 Å². The standard InChI is InChI=1S/C19H23BrClNO2/c1-3-8-22-12-15-10-18(23-4-2)19(11-17(15)20)24-13-14-6-5-7-16(21)9-14/h5-7,9-11,22H,3-4,8,12-13H2,1-2H3. The Balaban J connectivity index is 2.13. The van der Waals surface area contributed by atoms with Gasteiger partial charge in [-0.1, -0.05) is 46.6 Å². The maximum absolute atomic E-state index is 6.02. The van der Waals surface area contributed by atoms with Crippen LogP contribution in [0.4, 0.5) is 0 Å². The smallest absolute Gasteiger partial charge is 0.162 e. The average Bonchev–Trinajstić information content (AvgIpc) is 2.56. The van der Waals surface area contributed by atoms with Gasteiger partial charge in [0.05, 0.1) is 6.61 Å². The number of nitrogens with one attached hydrogen (secondary N) is 1. The Morgan fingerprint density at radius 2 is 1.88 bits per heavy atom. The van der Waals surface area contributed by atoms with Crippen LogP contribution in [0.25, 0.3) is 0 Å². The lowest BCUT2D eigenvalue weighted by molar-refractivity contribution is 0.269. The highest BCUT2D eigenvalue weighted by atomic mass is 79.9. The van der Waals surface area contributed by atoms with E-state index in [0.29, 0.717) is 18.2 Å². The van der Waals surface area contributed by atoms with E-state index in [4.69, 9.17) is 21.1 Å². The van der Waals surface area contributed by atoms with Crippen molar-refractivity contribution in [2.24, 2.45) is 0 Å². The van der Waals surface area contributed by atoms with E-state index in [1.54, 1.807) is 0 Å². The van der Waals surface area contributed by atoms with Crippen LogP contribution in [0.15, 0.2) is 40.9 Å². The van der Waals surface area contributed by atoms with E-state index in [9.17, 15) is 0 Å². The first-order valence-corrected chi connectivity index (χ1v) is 9.34. The monoisotopic (exact) mass is 411 g/mol. The molecule has 130 valence electrons. The highest BCUT2D eigenvalue weighted by Crippen LogP contribution is 2.34. The SMILES string of the molecule is CCCNCc1cc(OCC)c(OCc2cccc(Cl)c2)cc1Br. The van der Waals surface area contributed by atoms with Gasteiger partial charge < -0.3 is 14.8 Å². The number of ether oxygens (including phenoxy) is 2. The molecule has 0 unspecified atom stereocenters. The summed E-state index contributed by atoms with van der Waals surface area (Å²) in [6, 6.07) is 11.7. The summed E-state index contributed by atoms with van der Waals surface area (Å²) in [5.41, 5.74) is 2.18. The third-order valence-corrected chi connectivity index (χ3v) is 4.41. The molecule has 2 rings (SSSR count). The molecular formula is C19H23BrClNO2. The van der Waals surface area contributed by atoms with Crippen LogP contribution in [0.1, 0.15) is 31.4 Å². The first-order chi connectivity index (χ1) is 11.6. The molecule has 0 saturated carbocycles. The second-order valence-electron chi connectivity index (χ2n) is 5.42. The van der Waals surface area contributed by atoms with E-state index in [2.05, 4.69) is 28.2 Å². The van der Waals surface area contributed by atoms with E-state index >= 15 is 0 Å². The summed E-state index contributed by atoms with van der Waals surface area (Å²) in [4.78, 5) is 0. The minimum Gasteiger partial charge on any atom is -0.490 e. The van der Waals surface area contributed by atoms with Crippen LogP contribution in [0.2, 0.25) is 5.02 Å². The van der Waals surface area contributed by atoms with Crippen molar-refractivity contribution >= 4 is 27.5 Å². The van der Waals surface area contributed by atoms with E-state index in [0.717, 1.165) is 46.6 Å². The molecule has 0 aliphatic rings. The Kier molecular flexibility index (Phi) is 7.89. The average molecular weight is 413 g/mol. The maximum atomic E-state index is 6.02. The fraction of sp³-hybridized carbons (Fsp3) is 0.368. The Labute approximate surface area is 157 Å². The van der Waals surface area contributed by atoms with Gasteiger partial charge in [-0.25, -0.2) is 0 Å². The predicted octanol–water partition coefficient (Wildman–Crippen LogP) is 5.58. The minimum atomic E-state index is 0.445. The lowest BCUT2D eigenvalue weighted by atomic mass is 10.2. The fourth-order valence-electron chi connectivity index (χ4n) is 2.28. The predicted molar refractivity (Wildman–Crippen MR) is 103 cm³/mol. The number of halogens is 2. The molecule has 0 radical (unpaired) electrons. The van der Waals surface area contributed by atoms with Crippen molar-refractivity contribution in [3.05, 3.63) is 57.0 Å². The number of rotatable bonds is 9.